The molecule has 1 aliphatic rings. The van der Waals surface area contributed by atoms with Crippen LogP contribution in [0.4, 0.5) is 11.4 Å². The molecule has 0 bridgehead atoms. The molecule has 0 radical (unpaired) electrons. The number of hydrogen-bond donors (Lipinski definition) is 12. The Kier molecular flexibility index (Phi) is 20.3. The predicted molar refractivity (Wildman–Crippen MR) is 247 cm³/mol. The molecular formula is C33H39I5N6O14. The van der Waals surface area contributed by atoms with Gasteiger partial charge in [0.1, 0.15) is 0 Å². The second-order valence-electron chi connectivity index (χ2n) is 12.5. The normalized spacial score (nSPS) is 14.9. The fourth-order valence-corrected chi connectivity index (χ4v) is 12.4. The van der Waals surface area contributed by atoms with Crippen molar-refractivity contribution in [2.45, 2.75) is 31.3 Å². The van der Waals surface area contributed by atoms with Gasteiger partial charge >= 0.3 is 0 Å². The Balaban J connectivity index is 2.03. The standard InChI is InChI=1S/C33H39I5N6O14/c1-12-17(21(34)18(30(55)39-6-13(49)8-45)23(36)26(12)41-28(53)15(51)10-47)32(57)43-2-4-44(5-3-43)33(58)20-22(35)19(31(56)40-7-14(50)9-46)24(37)27(25(20)38)42-29(54)16(52)11-48/h13-16,45-52H,2-11H2,1H3,(H,39,55)(H,40,56)(H,41,53)(H,42,54). The minimum absolute atomic E-state index is 0.00140. The molecule has 1 heterocycles. The van der Waals surface area contributed by atoms with E-state index in [0.717, 1.165) is 0 Å². The Labute approximate surface area is 398 Å². The van der Waals surface area contributed by atoms with Crippen LogP contribution in [-0.4, -0.2) is 176 Å². The maximum absolute atomic E-state index is 14.3. The summed E-state index contributed by atoms with van der Waals surface area (Å²) in [5.74, 6) is -4.68. The first-order valence-electron chi connectivity index (χ1n) is 16.9. The lowest BCUT2D eigenvalue weighted by Crippen LogP contribution is -2.51. The molecule has 2 aromatic rings. The van der Waals surface area contributed by atoms with Crippen LogP contribution in [0.2, 0.25) is 0 Å². The molecule has 12 N–H and O–H groups in total. The number of benzene rings is 2. The van der Waals surface area contributed by atoms with E-state index in [1.165, 1.54) is 16.7 Å². The second kappa shape index (κ2) is 23.2. The van der Waals surface area contributed by atoms with Gasteiger partial charge in [0.2, 0.25) is 0 Å². The van der Waals surface area contributed by atoms with Gasteiger partial charge in [-0.1, -0.05) is 0 Å². The lowest BCUT2D eigenvalue weighted by atomic mass is 9.99. The first kappa shape index (κ1) is 50.9. The summed E-state index contributed by atoms with van der Waals surface area (Å²) in [6.07, 6.45) is -6.21. The number of hydrogen-bond acceptors (Lipinski definition) is 14. The summed E-state index contributed by atoms with van der Waals surface area (Å²) in [5.41, 5.74) is 0.131. The van der Waals surface area contributed by atoms with Crippen LogP contribution in [0, 0.1) is 24.8 Å². The highest BCUT2D eigenvalue weighted by atomic mass is 127. The topological polar surface area (TPSA) is 319 Å². The smallest absolute Gasteiger partial charge is 0.256 e. The van der Waals surface area contributed by atoms with Crippen molar-refractivity contribution in [3.05, 3.63) is 45.7 Å². The monoisotopic (exact) mass is 1380 g/mol. The lowest BCUT2D eigenvalue weighted by molar-refractivity contribution is -0.126. The highest BCUT2D eigenvalue weighted by molar-refractivity contribution is 14.1. The Morgan fingerprint density at radius 2 is 0.879 bits per heavy atom. The summed E-state index contributed by atoms with van der Waals surface area (Å²) in [4.78, 5) is 83.6. The van der Waals surface area contributed by atoms with Gasteiger partial charge in [0.25, 0.3) is 35.4 Å². The summed E-state index contributed by atoms with van der Waals surface area (Å²) in [7, 11) is 0. The maximum atomic E-state index is 14.3. The van der Waals surface area contributed by atoms with Gasteiger partial charge in [-0.25, -0.2) is 0 Å². The van der Waals surface area contributed by atoms with E-state index in [1.54, 1.807) is 45.2 Å². The number of aliphatic hydroxyl groups excluding tert-OH is 8. The molecule has 2 aromatic carbocycles. The van der Waals surface area contributed by atoms with E-state index in [-0.39, 0.29) is 96.3 Å². The maximum Gasteiger partial charge on any atom is 0.256 e. The fraction of sp³-hybridized carbons (Fsp3) is 0.455. The van der Waals surface area contributed by atoms with Crippen LogP contribution in [0.3, 0.4) is 0 Å². The number of halogens is 5. The van der Waals surface area contributed by atoms with Crippen molar-refractivity contribution in [2.24, 2.45) is 0 Å². The van der Waals surface area contributed by atoms with Crippen LogP contribution >= 0.6 is 113 Å². The molecule has 0 spiro atoms. The molecule has 4 unspecified atom stereocenters. The van der Waals surface area contributed by atoms with Gasteiger partial charge in [0.05, 0.1) is 83.0 Å². The third kappa shape index (κ3) is 11.9. The number of amides is 6. The minimum Gasteiger partial charge on any atom is -0.394 e. The zero-order chi connectivity index (χ0) is 43.8. The molecule has 3 rings (SSSR count). The highest BCUT2D eigenvalue weighted by Crippen LogP contribution is 2.38. The number of carbonyl (C=O) groups excluding carboxylic acids is 6. The van der Waals surface area contributed by atoms with Crippen LogP contribution in [0.1, 0.15) is 47.0 Å². The molecular weight excluding hydrogens is 1340 g/mol. The number of piperazine rings is 1. The Hall–Kier alpha value is -1.41. The molecule has 0 aromatic heterocycles. The summed E-state index contributed by atoms with van der Waals surface area (Å²) in [5, 5.41) is 86.5. The third-order valence-corrected chi connectivity index (χ3v) is 13.9. The van der Waals surface area contributed by atoms with Gasteiger partial charge in [-0.05, 0) is 125 Å². The summed E-state index contributed by atoms with van der Waals surface area (Å²) >= 11 is 9.01. The van der Waals surface area contributed by atoms with Crippen molar-refractivity contribution in [2.75, 3.05) is 76.3 Å². The number of nitrogens with zero attached hydrogens (tertiary/aromatic N) is 2. The van der Waals surface area contributed by atoms with Gasteiger partial charge in [-0.2, -0.15) is 0 Å². The minimum atomic E-state index is -1.82. The zero-order valence-electron chi connectivity index (χ0n) is 30.2. The lowest BCUT2D eigenvalue weighted by Gasteiger charge is -2.36. The Bertz CT molecular complexity index is 1800. The van der Waals surface area contributed by atoms with E-state index in [4.69, 9.17) is 0 Å². The first-order valence-corrected chi connectivity index (χ1v) is 22.3. The van der Waals surface area contributed by atoms with Gasteiger partial charge in [-0.3, -0.25) is 28.8 Å². The number of nitrogens with one attached hydrogen (secondary N) is 4. The first-order chi connectivity index (χ1) is 27.3. The number of carbonyl (C=O) groups is 6. The molecule has 20 nitrogen and oxygen atoms in total. The summed E-state index contributed by atoms with van der Waals surface area (Å²) in [6.45, 7) is -2.36. The van der Waals surface area contributed by atoms with Crippen LogP contribution in [-0.2, 0) is 9.59 Å². The Morgan fingerprint density at radius 1 is 0.534 bits per heavy atom. The van der Waals surface area contributed by atoms with E-state index < -0.39 is 86.3 Å². The molecule has 1 aliphatic heterocycles. The van der Waals surface area contributed by atoms with Gasteiger partial charge in [-0.15, -0.1) is 0 Å². The van der Waals surface area contributed by atoms with Crippen LogP contribution in [0.25, 0.3) is 0 Å². The molecule has 320 valence electrons. The SMILES string of the molecule is Cc1c(NC(=O)C(O)CO)c(I)c(C(=O)NCC(O)CO)c(I)c1C(=O)N1CCN(C(=O)c2c(I)c(NC(=O)C(O)CO)c(I)c(C(=O)NCC(O)CO)c2I)CC1. The van der Waals surface area contributed by atoms with Crippen molar-refractivity contribution < 1.29 is 69.6 Å². The second-order valence-corrected chi connectivity index (χ2v) is 17.9. The van der Waals surface area contributed by atoms with Crippen molar-refractivity contribution in [1.82, 2.24) is 20.4 Å². The number of anilines is 2. The highest BCUT2D eigenvalue weighted by Gasteiger charge is 2.36. The molecule has 0 saturated carbocycles. The Morgan fingerprint density at radius 3 is 1.28 bits per heavy atom. The van der Waals surface area contributed by atoms with Crippen LogP contribution < -0.4 is 21.3 Å². The van der Waals surface area contributed by atoms with E-state index in [2.05, 4.69) is 21.3 Å². The molecule has 1 fully saturated rings. The third-order valence-electron chi connectivity index (χ3n) is 8.55. The average Bonchev–Trinajstić information content (AvgIpc) is 3.20. The molecule has 25 heteroatoms. The van der Waals surface area contributed by atoms with E-state index in [0.29, 0.717) is 0 Å². The van der Waals surface area contributed by atoms with E-state index >= 15 is 0 Å². The number of rotatable bonds is 16. The van der Waals surface area contributed by atoms with E-state index in [9.17, 15) is 69.6 Å². The molecule has 4 atom stereocenters. The fourth-order valence-electron chi connectivity index (χ4n) is 5.30. The average molecular weight is 1380 g/mol. The van der Waals surface area contributed by atoms with Crippen molar-refractivity contribution in [3.8, 4) is 0 Å². The summed E-state index contributed by atoms with van der Waals surface area (Å²) in [6, 6.07) is 0. The quantitative estimate of drug-likeness (QED) is 0.0841. The van der Waals surface area contributed by atoms with Crippen molar-refractivity contribution in [3.63, 3.8) is 0 Å². The van der Waals surface area contributed by atoms with Crippen LogP contribution in [0.15, 0.2) is 0 Å². The molecule has 1 saturated heterocycles. The van der Waals surface area contributed by atoms with Crippen LogP contribution in [0.5, 0.6) is 0 Å². The van der Waals surface area contributed by atoms with Gasteiger partial charge < -0.3 is 71.9 Å². The van der Waals surface area contributed by atoms with Gasteiger partial charge in [0, 0.05) is 46.4 Å². The molecule has 6 amide bonds. The van der Waals surface area contributed by atoms with Crippen molar-refractivity contribution in [1.29, 1.82) is 0 Å². The predicted octanol–water partition coefficient (Wildman–Crippen LogP) is -1.63. The van der Waals surface area contributed by atoms with E-state index in [1.807, 2.05) is 67.8 Å². The number of aliphatic hydroxyl groups is 8. The van der Waals surface area contributed by atoms with Crippen molar-refractivity contribution >= 4 is 160 Å². The summed E-state index contributed by atoms with van der Waals surface area (Å²) < 4.78 is 0.911. The zero-order valence-corrected chi connectivity index (χ0v) is 41.0. The molecule has 0 aliphatic carbocycles. The van der Waals surface area contributed by atoms with Gasteiger partial charge in [0.15, 0.2) is 12.2 Å². The largest absolute Gasteiger partial charge is 0.394 e. The molecule has 58 heavy (non-hydrogen) atoms.